The molecule has 0 saturated carbocycles. The van der Waals surface area contributed by atoms with Gasteiger partial charge in [-0.05, 0) is 31.2 Å². The Hall–Kier alpha value is -1.22. The fourth-order valence-electron chi connectivity index (χ4n) is 0.867. The summed E-state index contributed by atoms with van der Waals surface area (Å²) in [6.07, 6.45) is -0.331. The summed E-state index contributed by atoms with van der Waals surface area (Å²) < 4.78 is 0. The first-order valence-corrected chi connectivity index (χ1v) is 3.96. The van der Waals surface area contributed by atoms with Gasteiger partial charge in [-0.2, -0.15) is 0 Å². The molecule has 1 rings (SSSR count). The summed E-state index contributed by atoms with van der Waals surface area (Å²) in [4.78, 5) is 0. The van der Waals surface area contributed by atoms with E-state index >= 15 is 0 Å². The van der Waals surface area contributed by atoms with E-state index in [-0.39, 0.29) is 6.10 Å². The lowest BCUT2D eigenvalue weighted by Gasteiger charge is -2.07. The average molecular weight is 166 g/mol. The molecule has 4 N–H and O–H groups in total. The standard InChI is InChI=1S/C9H14N2O/c1-7(12)6-11-9-4-2-8(10)3-5-9/h2-5,7,11-12H,6,10H2,1H3/t7-/m1/s1. The van der Waals surface area contributed by atoms with Crippen molar-refractivity contribution < 1.29 is 5.11 Å². The molecule has 0 aliphatic heterocycles. The molecule has 0 aromatic heterocycles. The second-order valence-corrected chi connectivity index (χ2v) is 2.85. The van der Waals surface area contributed by atoms with Crippen LogP contribution in [0.5, 0.6) is 0 Å². The second kappa shape index (κ2) is 3.97. The predicted octanol–water partition coefficient (Wildman–Crippen LogP) is 1.06. The summed E-state index contributed by atoms with van der Waals surface area (Å²) in [5, 5.41) is 12.0. The molecule has 0 fully saturated rings. The maximum Gasteiger partial charge on any atom is 0.0684 e. The van der Waals surface area contributed by atoms with Crippen LogP contribution in [0.25, 0.3) is 0 Å². The molecule has 0 heterocycles. The van der Waals surface area contributed by atoms with Crippen molar-refractivity contribution in [1.29, 1.82) is 0 Å². The summed E-state index contributed by atoms with van der Waals surface area (Å²) in [5.74, 6) is 0. The number of hydrogen-bond donors (Lipinski definition) is 3. The normalized spacial score (nSPS) is 12.5. The molecule has 0 saturated heterocycles. The number of nitrogen functional groups attached to an aromatic ring is 1. The Kier molecular flexibility index (Phi) is 2.94. The van der Waals surface area contributed by atoms with Crippen molar-refractivity contribution >= 4 is 11.4 Å². The van der Waals surface area contributed by atoms with E-state index in [0.717, 1.165) is 11.4 Å². The minimum Gasteiger partial charge on any atom is -0.399 e. The van der Waals surface area contributed by atoms with Crippen LogP contribution in [0.2, 0.25) is 0 Å². The lowest BCUT2D eigenvalue weighted by atomic mass is 10.3. The minimum absolute atomic E-state index is 0.331. The minimum atomic E-state index is -0.331. The van der Waals surface area contributed by atoms with E-state index < -0.39 is 0 Å². The number of hydrogen-bond acceptors (Lipinski definition) is 3. The number of benzene rings is 1. The molecule has 1 aromatic carbocycles. The Morgan fingerprint density at radius 1 is 1.42 bits per heavy atom. The highest BCUT2D eigenvalue weighted by atomic mass is 16.3. The third-order valence-corrected chi connectivity index (χ3v) is 1.51. The Labute approximate surface area is 72.2 Å². The van der Waals surface area contributed by atoms with Gasteiger partial charge in [0.25, 0.3) is 0 Å². The first-order chi connectivity index (χ1) is 5.68. The molecular weight excluding hydrogens is 152 g/mol. The molecule has 1 atom stereocenters. The molecule has 0 radical (unpaired) electrons. The van der Waals surface area contributed by atoms with Crippen LogP contribution in [0.4, 0.5) is 11.4 Å². The van der Waals surface area contributed by atoms with Gasteiger partial charge in [-0.1, -0.05) is 0 Å². The van der Waals surface area contributed by atoms with E-state index in [0.29, 0.717) is 6.54 Å². The van der Waals surface area contributed by atoms with Gasteiger partial charge in [0, 0.05) is 17.9 Å². The molecule has 12 heavy (non-hydrogen) atoms. The maximum atomic E-state index is 8.98. The summed E-state index contributed by atoms with van der Waals surface area (Å²) in [7, 11) is 0. The van der Waals surface area contributed by atoms with E-state index in [1.165, 1.54) is 0 Å². The first kappa shape index (κ1) is 8.87. The Morgan fingerprint density at radius 3 is 2.50 bits per heavy atom. The van der Waals surface area contributed by atoms with Crippen LogP contribution in [0.1, 0.15) is 6.92 Å². The Balaban J connectivity index is 2.48. The molecule has 66 valence electrons. The van der Waals surface area contributed by atoms with Crippen LogP contribution in [-0.4, -0.2) is 17.8 Å². The smallest absolute Gasteiger partial charge is 0.0684 e. The summed E-state index contributed by atoms with van der Waals surface area (Å²) in [5.41, 5.74) is 7.23. The van der Waals surface area contributed by atoms with Gasteiger partial charge in [-0.25, -0.2) is 0 Å². The fourth-order valence-corrected chi connectivity index (χ4v) is 0.867. The molecule has 1 aromatic rings. The molecule has 0 aliphatic rings. The fraction of sp³-hybridized carbons (Fsp3) is 0.333. The van der Waals surface area contributed by atoms with Crippen LogP contribution in [0.15, 0.2) is 24.3 Å². The molecule has 3 nitrogen and oxygen atoms in total. The zero-order valence-electron chi connectivity index (χ0n) is 7.12. The zero-order valence-corrected chi connectivity index (χ0v) is 7.12. The van der Waals surface area contributed by atoms with Crippen molar-refractivity contribution in [3.63, 3.8) is 0 Å². The van der Waals surface area contributed by atoms with Gasteiger partial charge in [-0.15, -0.1) is 0 Å². The Bertz CT molecular complexity index is 231. The number of nitrogens with one attached hydrogen (secondary N) is 1. The highest BCUT2D eigenvalue weighted by Gasteiger charge is 1.94. The van der Waals surface area contributed by atoms with Crippen molar-refractivity contribution in [2.24, 2.45) is 0 Å². The van der Waals surface area contributed by atoms with Crippen molar-refractivity contribution in [2.45, 2.75) is 13.0 Å². The molecule has 0 amide bonds. The van der Waals surface area contributed by atoms with Crippen LogP contribution < -0.4 is 11.1 Å². The van der Waals surface area contributed by atoms with Crippen molar-refractivity contribution in [3.8, 4) is 0 Å². The SMILES string of the molecule is C[C@@H](O)CNc1ccc(N)cc1. The highest BCUT2D eigenvalue weighted by molar-refractivity contribution is 5.51. The van der Waals surface area contributed by atoms with E-state index in [2.05, 4.69) is 5.32 Å². The molecule has 0 spiro atoms. The molecule has 0 unspecified atom stereocenters. The van der Waals surface area contributed by atoms with Gasteiger partial charge >= 0.3 is 0 Å². The number of rotatable bonds is 3. The van der Waals surface area contributed by atoms with E-state index in [9.17, 15) is 0 Å². The second-order valence-electron chi connectivity index (χ2n) is 2.85. The van der Waals surface area contributed by atoms with Crippen molar-refractivity contribution in [3.05, 3.63) is 24.3 Å². The van der Waals surface area contributed by atoms with Gasteiger partial charge in [0.15, 0.2) is 0 Å². The lowest BCUT2D eigenvalue weighted by molar-refractivity contribution is 0.208. The van der Waals surface area contributed by atoms with Gasteiger partial charge in [-0.3, -0.25) is 0 Å². The number of anilines is 2. The molecule has 0 bridgehead atoms. The van der Waals surface area contributed by atoms with Crippen LogP contribution >= 0.6 is 0 Å². The maximum absolute atomic E-state index is 8.98. The third kappa shape index (κ3) is 2.80. The van der Waals surface area contributed by atoms with Crippen LogP contribution in [0.3, 0.4) is 0 Å². The quantitative estimate of drug-likeness (QED) is 0.588. The zero-order chi connectivity index (χ0) is 8.97. The van der Waals surface area contributed by atoms with E-state index in [1.54, 1.807) is 6.92 Å². The van der Waals surface area contributed by atoms with E-state index in [1.807, 2.05) is 24.3 Å². The molecular formula is C9H14N2O. The highest BCUT2D eigenvalue weighted by Crippen LogP contribution is 2.09. The van der Waals surface area contributed by atoms with Crippen LogP contribution in [-0.2, 0) is 0 Å². The van der Waals surface area contributed by atoms with Gasteiger partial charge in [0.2, 0.25) is 0 Å². The van der Waals surface area contributed by atoms with Crippen molar-refractivity contribution in [2.75, 3.05) is 17.6 Å². The molecule has 0 aliphatic carbocycles. The monoisotopic (exact) mass is 166 g/mol. The first-order valence-electron chi connectivity index (χ1n) is 3.96. The largest absolute Gasteiger partial charge is 0.399 e. The third-order valence-electron chi connectivity index (χ3n) is 1.51. The van der Waals surface area contributed by atoms with Crippen LogP contribution in [0, 0.1) is 0 Å². The van der Waals surface area contributed by atoms with Gasteiger partial charge in [0.05, 0.1) is 6.10 Å². The average Bonchev–Trinajstić information content (AvgIpc) is 2.03. The topological polar surface area (TPSA) is 58.3 Å². The van der Waals surface area contributed by atoms with Crippen molar-refractivity contribution in [1.82, 2.24) is 0 Å². The van der Waals surface area contributed by atoms with E-state index in [4.69, 9.17) is 10.8 Å². The summed E-state index contributed by atoms with van der Waals surface area (Å²) in [6.45, 7) is 2.30. The number of nitrogens with two attached hydrogens (primary N) is 1. The number of aliphatic hydroxyl groups is 1. The predicted molar refractivity (Wildman–Crippen MR) is 51.0 cm³/mol. The van der Waals surface area contributed by atoms with Gasteiger partial charge in [0.1, 0.15) is 0 Å². The number of aliphatic hydroxyl groups excluding tert-OH is 1. The lowest BCUT2D eigenvalue weighted by Crippen LogP contribution is -2.15. The Morgan fingerprint density at radius 2 is 2.00 bits per heavy atom. The van der Waals surface area contributed by atoms with Gasteiger partial charge < -0.3 is 16.2 Å². The summed E-state index contributed by atoms with van der Waals surface area (Å²) in [6, 6.07) is 7.42. The molecule has 3 heteroatoms. The summed E-state index contributed by atoms with van der Waals surface area (Å²) >= 11 is 0.